The fraction of sp³-hybridized carbons (Fsp3) is 0.667. The third-order valence-electron chi connectivity index (χ3n) is 4.64. The highest BCUT2D eigenvalue weighted by Crippen LogP contribution is 2.29. The van der Waals surface area contributed by atoms with Crippen LogP contribution in [0.4, 0.5) is 0 Å². The molecular weight excluding hydrogens is 262 g/mol. The molecule has 1 aromatic rings. The van der Waals surface area contributed by atoms with Crippen molar-refractivity contribution in [1.29, 1.82) is 0 Å². The molecule has 2 aliphatic carbocycles. The van der Waals surface area contributed by atoms with Crippen molar-refractivity contribution < 1.29 is 9.84 Å². The summed E-state index contributed by atoms with van der Waals surface area (Å²) in [4.78, 5) is 0. The maximum Gasteiger partial charge on any atom is 0.127 e. The summed E-state index contributed by atoms with van der Waals surface area (Å²) in [7, 11) is 0. The average molecular weight is 289 g/mol. The Morgan fingerprint density at radius 1 is 1.14 bits per heavy atom. The van der Waals surface area contributed by atoms with Crippen LogP contribution in [0.1, 0.15) is 56.1 Å². The van der Waals surface area contributed by atoms with Crippen molar-refractivity contribution >= 4 is 0 Å². The second-order valence-corrected chi connectivity index (χ2v) is 6.58. The lowest BCUT2D eigenvalue weighted by molar-refractivity contribution is 0.0310. The lowest BCUT2D eigenvalue weighted by atomic mass is 10.1. The molecule has 3 nitrogen and oxygen atoms in total. The highest BCUT2D eigenvalue weighted by atomic mass is 16.5. The van der Waals surface area contributed by atoms with E-state index in [9.17, 15) is 5.11 Å². The van der Waals surface area contributed by atoms with E-state index in [1.807, 2.05) is 0 Å². The number of nitrogens with one attached hydrogen (secondary N) is 1. The number of rotatable bonds is 5. The molecule has 0 amide bonds. The number of aliphatic hydroxyl groups is 1. The molecule has 1 aromatic carbocycles. The standard InChI is InChI=1S/C18H27NO2/c1-13-6-5-7-14(12-19-15-10-11-15)18(13)21-17-9-4-2-3-8-16(17)20/h5-7,15-17,19-20H,2-4,8-12H2,1H3. The van der Waals surface area contributed by atoms with Crippen LogP contribution in [0.3, 0.4) is 0 Å². The molecule has 116 valence electrons. The summed E-state index contributed by atoms with van der Waals surface area (Å²) in [6.07, 6.45) is 7.53. The summed E-state index contributed by atoms with van der Waals surface area (Å²) in [5.74, 6) is 0.983. The summed E-state index contributed by atoms with van der Waals surface area (Å²) < 4.78 is 6.27. The average Bonchev–Trinajstić information content (AvgIpc) is 3.29. The monoisotopic (exact) mass is 289 g/mol. The van der Waals surface area contributed by atoms with Crippen molar-refractivity contribution in [3.8, 4) is 5.75 Å². The summed E-state index contributed by atoms with van der Waals surface area (Å²) in [5, 5.41) is 13.8. The number of aliphatic hydroxyl groups excluding tert-OH is 1. The molecule has 3 rings (SSSR count). The number of hydrogen-bond acceptors (Lipinski definition) is 3. The SMILES string of the molecule is Cc1cccc(CNC2CC2)c1OC1CCCCCC1O. The Hall–Kier alpha value is -1.06. The van der Waals surface area contributed by atoms with Gasteiger partial charge in [-0.05, 0) is 44.6 Å². The molecule has 0 radical (unpaired) electrons. The van der Waals surface area contributed by atoms with Gasteiger partial charge in [-0.15, -0.1) is 0 Å². The van der Waals surface area contributed by atoms with Gasteiger partial charge in [0.2, 0.25) is 0 Å². The van der Waals surface area contributed by atoms with Crippen LogP contribution in [0.25, 0.3) is 0 Å². The first-order chi connectivity index (χ1) is 10.2. The summed E-state index contributed by atoms with van der Waals surface area (Å²) >= 11 is 0. The number of para-hydroxylation sites is 1. The van der Waals surface area contributed by atoms with Gasteiger partial charge in [0.15, 0.2) is 0 Å². The Kier molecular flexibility index (Phi) is 4.81. The molecule has 0 heterocycles. The zero-order chi connectivity index (χ0) is 14.7. The quantitative estimate of drug-likeness (QED) is 0.817. The Balaban J connectivity index is 1.72. The van der Waals surface area contributed by atoms with Crippen molar-refractivity contribution in [2.24, 2.45) is 0 Å². The van der Waals surface area contributed by atoms with Gasteiger partial charge in [-0.2, -0.15) is 0 Å². The van der Waals surface area contributed by atoms with Crippen LogP contribution in [0, 0.1) is 6.92 Å². The minimum Gasteiger partial charge on any atom is -0.487 e. The lowest BCUT2D eigenvalue weighted by Crippen LogP contribution is -2.31. The molecule has 2 N–H and O–H groups in total. The van der Waals surface area contributed by atoms with Crippen molar-refractivity contribution in [2.45, 2.75) is 76.7 Å². The van der Waals surface area contributed by atoms with E-state index < -0.39 is 0 Å². The molecule has 2 atom stereocenters. The smallest absolute Gasteiger partial charge is 0.127 e. The first kappa shape index (κ1) is 14.9. The Labute approximate surface area is 127 Å². The van der Waals surface area contributed by atoms with Crippen molar-refractivity contribution in [3.63, 3.8) is 0 Å². The molecule has 0 aliphatic heterocycles. The van der Waals surface area contributed by atoms with E-state index in [1.165, 1.54) is 30.4 Å². The number of benzene rings is 1. The maximum absolute atomic E-state index is 10.3. The number of hydrogen-bond donors (Lipinski definition) is 2. The van der Waals surface area contributed by atoms with Gasteiger partial charge in [-0.25, -0.2) is 0 Å². The van der Waals surface area contributed by atoms with Gasteiger partial charge < -0.3 is 15.2 Å². The maximum atomic E-state index is 10.3. The van der Waals surface area contributed by atoms with E-state index in [0.29, 0.717) is 6.04 Å². The second kappa shape index (κ2) is 6.80. The molecule has 0 saturated heterocycles. The third kappa shape index (κ3) is 3.98. The highest BCUT2D eigenvalue weighted by Gasteiger charge is 2.25. The van der Waals surface area contributed by atoms with Crippen molar-refractivity contribution in [2.75, 3.05) is 0 Å². The van der Waals surface area contributed by atoms with Gasteiger partial charge in [-0.3, -0.25) is 0 Å². The van der Waals surface area contributed by atoms with Gasteiger partial charge in [-0.1, -0.05) is 31.0 Å². The summed E-state index contributed by atoms with van der Waals surface area (Å²) in [5.41, 5.74) is 2.39. The second-order valence-electron chi connectivity index (χ2n) is 6.58. The largest absolute Gasteiger partial charge is 0.487 e. The van der Waals surface area contributed by atoms with E-state index in [1.54, 1.807) is 0 Å². The van der Waals surface area contributed by atoms with Crippen molar-refractivity contribution in [1.82, 2.24) is 5.32 Å². The molecular formula is C18H27NO2. The van der Waals surface area contributed by atoms with Crippen LogP contribution in [0.15, 0.2) is 18.2 Å². The Morgan fingerprint density at radius 3 is 2.76 bits per heavy atom. The first-order valence-corrected chi connectivity index (χ1v) is 8.40. The van der Waals surface area contributed by atoms with Crippen LogP contribution in [-0.2, 0) is 6.54 Å². The lowest BCUT2D eigenvalue weighted by Gasteiger charge is -2.25. The zero-order valence-electron chi connectivity index (χ0n) is 13.0. The third-order valence-corrected chi connectivity index (χ3v) is 4.64. The Morgan fingerprint density at radius 2 is 1.95 bits per heavy atom. The molecule has 0 bridgehead atoms. The van der Waals surface area contributed by atoms with E-state index >= 15 is 0 Å². The summed E-state index contributed by atoms with van der Waals surface area (Å²) in [6.45, 7) is 2.96. The van der Waals surface area contributed by atoms with E-state index in [0.717, 1.165) is 38.0 Å². The van der Waals surface area contributed by atoms with Crippen LogP contribution in [0.2, 0.25) is 0 Å². The minimum absolute atomic E-state index is 0.0479. The highest BCUT2D eigenvalue weighted by molar-refractivity contribution is 5.41. The molecule has 2 saturated carbocycles. The predicted molar refractivity (Wildman–Crippen MR) is 84.5 cm³/mol. The van der Waals surface area contributed by atoms with E-state index in [4.69, 9.17) is 4.74 Å². The van der Waals surface area contributed by atoms with E-state index in [-0.39, 0.29) is 12.2 Å². The topological polar surface area (TPSA) is 41.5 Å². The summed E-state index contributed by atoms with van der Waals surface area (Å²) in [6, 6.07) is 7.02. The predicted octanol–water partition coefficient (Wildman–Crippen LogP) is 3.32. The zero-order valence-corrected chi connectivity index (χ0v) is 13.0. The number of aryl methyl sites for hydroxylation is 1. The van der Waals surface area contributed by atoms with Gasteiger partial charge in [0, 0.05) is 18.2 Å². The van der Waals surface area contributed by atoms with Gasteiger partial charge in [0.05, 0.1) is 6.10 Å². The fourth-order valence-corrected chi connectivity index (χ4v) is 3.11. The molecule has 3 heteroatoms. The van der Waals surface area contributed by atoms with Crippen LogP contribution < -0.4 is 10.1 Å². The molecule has 2 unspecified atom stereocenters. The first-order valence-electron chi connectivity index (χ1n) is 8.40. The number of ether oxygens (including phenoxy) is 1. The van der Waals surface area contributed by atoms with Crippen LogP contribution in [-0.4, -0.2) is 23.4 Å². The molecule has 2 fully saturated rings. The molecule has 0 aromatic heterocycles. The Bertz CT molecular complexity index is 470. The molecule has 2 aliphatic rings. The van der Waals surface area contributed by atoms with Crippen LogP contribution in [0.5, 0.6) is 5.75 Å². The van der Waals surface area contributed by atoms with E-state index in [2.05, 4.69) is 30.4 Å². The van der Waals surface area contributed by atoms with Crippen LogP contribution >= 0.6 is 0 Å². The van der Waals surface area contributed by atoms with Gasteiger partial charge in [0.1, 0.15) is 11.9 Å². The molecule has 21 heavy (non-hydrogen) atoms. The van der Waals surface area contributed by atoms with Crippen molar-refractivity contribution in [3.05, 3.63) is 29.3 Å². The van der Waals surface area contributed by atoms with Gasteiger partial charge >= 0.3 is 0 Å². The van der Waals surface area contributed by atoms with Gasteiger partial charge in [0.25, 0.3) is 0 Å². The normalized spacial score (nSPS) is 26.4. The molecule has 0 spiro atoms. The minimum atomic E-state index is -0.323. The fourth-order valence-electron chi connectivity index (χ4n) is 3.11.